The van der Waals surface area contributed by atoms with Crippen molar-refractivity contribution in [2.45, 2.75) is 40.2 Å². The third-order valence-electron chi connectivity index (χ3n) is 3.11. The van der Waals surface area contributed by atoms with E-state index in [9.17, 15) is 5.11 Å². The zero-order chi connectivity index (χ0) is 14.0. The molecule has 3 heteroatoms. The van der Waals surface area contributed by atoms with Gasteiger partial charge >= 0.3 is 0 Å². The number of rotatable bonds is 4. The van der Waals surface area contributed by atoms with E-state index in [1.54, 1.807) is 4.68 Å². The molecule has 0 saturated heterocycles. The van der Waals surface area contributed by atoms with Crippen molar-refractivity contribution in [3.05, 3.63) is 36.0 Å². The molecule has 1 heterocycles. The number of aromatic nitrogens is 2. The van der Waals surface area contributed by atoms with Crippen molar-refractivity contribution in [1.82, 2.24) is 9.78 Å². The maximum atomic E-state index is 10.4. The summed E-state index contributed by atoms with van der Waals surface area (Å²) in [6.07, 6.45) is 0.873. The molecular weight excluding hydrogens is 236 g/mol. The summed E-state index contributed by atoms with van der Waals surface area (Å²) in [5.41, 5.74) is 2.89. The van der Waals surface area contributed by atoms with E-state index < -0.39 is 0 Å². The van der Waals surface area contributed by atoms with Crippen LogP contribution < -0.4 is 0 Å². The van der Waals surface area contributed by atoms with Crippen LogP contribution >= 0.6 is 0 Å². The predicted molar refractivity (Wildman–Crippen MR) is 78.3 cm³/mol. The van der Waals surface area contributed by atoms with E-state index in [1.807, 2.05) is 44.2 Å². The first-order valence-electron chi connectivity index (χ1n) is 6.86. The number of hydrogen-bond acceptors (Lipinski definition) is 2. The standard InChI is InChI=1S/C16H22N2O/c1-11(2)10-14-15(13-8-6-5-7-9-13)16(19)18(17-14)12(3)4/h5-9,11-12,19H,10H2,1-4H3. The second kappa shape index (κ2) is 5.47. The number of nitrogens with zero attached hydrogens (tertiary/aromatic N) is 2. The second-order valence-corrected chi connectivity index (χ2v) is 5.65. The van der Waals surface area contributed by atoms with Crippen LogP contribution in [-0.4, -0.2) is 14.9 Å². The molecule has 0 spiro atoms. The molecule has 0 fully saturated rings. The van der Waals surface area contributed by atoms with E-state index in [4.69, 9.17) is 0 Å². The highest BCUT2D eigenvalue weighted by atomic mass is 16.3. The minimum absolute atomic E-state index is 0.156. The third-order valence-corrected chi connectivity index (χ3v) is 3.11. The summed E-state index contributed by atoms with van der Waals surface area (Å²) in [7, 11) is 0. The zero-order valence-corrected chi connectivity index (χ0v) is 12.1. The zero-order valence-electron chi connectivity index (χ0n) is 12.1. The molecule has 0 bridgehead atoms. The van der Waals surface area contributed by atoms with Gasteiger partial charge in [-0.1, -0.05) is 44.2 Å². The Bertz CT molecular complexity index is 541. The van der Waals surface area contributed by atoms with Crippen LogP contribution in [0.15, 0.2) is 30.3 Å². The summed E-state index contributed by atoms with van der Waals surface area (Å²) in [5.74, 6) is 0.786. The highest BCUT2D eigenvalue weighted by Crippen LogP contribution is 2.35. The van der Waals surface area contributed by atoms with E-state index in [-0.39, 0.29) is 11.9 Å². The molecule has 1 aromatic heterocycles. The molecule has 1 N–H and O–H groups in total. The predicted octanol–water partition coefficient (Wildman–Crippen LogP) is 4.04. The minimum atomic E-state index is 0.156. The normalized spacial score (nSPS) is 11.5. The third kappa shape index (κ3) is 2.80. The lowest BCUT2D eigenvalue weighted by atomic mass is 10.00. The van der Waals surface area contributed by atoms with Crippen LogP contribution in [-0.2, 0) is 6.42 Å². The molecule has 0 aliphatic carbocycles. The maximum Gasteiger partial charge on any atom is 0.217 e. The van der Waals surface area contributed by atoms with Crippen molar-refractivity contribution in [3.8, 4) is 17.0 Å². The highest BCUT2D eigenvalue weighted by molar-refractivity contribution is 5.71. The molecular formula is C16H22N2O. The summed E-state index contributed by atoms with van der Waals surface area (Å²) in [5, 5.41) is 15.0. The van der Waals surface area contributed by atoms with E-state index >= 15 is 0 Å². The fourth-order valence-corrected chi connectivity index (χ4v) is 2.26. The summed E-state index contributed by atoms with van der Waals surface area (Å²) in [6, 6.07) is 10.1. The smallest absolute Gasteiger partial charge is 0.217 e. The Morgan fingerprint density at radius 3 is 2.26 bits per heavy atom. The Kier molecular flexibility index (Phi) is 3.93. The van der Waals surface area contributed by atoms with Gasteiger partial charge in [-0.05, 0) is 31.7 Å². The molecule has 1 aromatic carbocycles. The van der Waals surface area contributed by atoms with Crippen molar-refractivity contribution < 1.29 is 5.11 Å². The quantitative estimate of drug-likeness (QED) is 0.899. The van der Waals surface area contributed by atoms with Gasteiger partial charge in [-0.3, -0.25) is 0 Å². The lowest BCUT2D eigenvalue weighted by molar-refractivity contribution is 0.377. The fourth-order valence-electron chi connectivity index (χ4n) is 2.26. The van der Waals surface area contributed by atoms with Gasteiger partial charge in [0.05, 0.1) is 17.3 Å². The van der Waals surface area contributed by atoms with E-state index in [0.29, 0.717) is 5.92 Å². The monoisotopic (exact) mass is 258 g/mol. The molecule has 0 aliphatic rings. The van der Waals surface area contributed by atoms with Gasteiger partial charge < -0.3 is 5.11 Å². The molecule has 0 unspecified atom stereocenters. The first kappa shape index (κ1) is 13.7. The Morgan fingerprint density at radius 2 is 1.74 bits per heavy atom. The van der Waals surface area contributed by atoms with Crippen molar-refractivity contribution in [2.75, 3.05) is 0 Å². The van der Waals surface area contributed by atoms with Crippen molar-refractivity contribution >= 4 is 0 Å². The fraction of sp³-hybridized carbons (Fsp3) is 0.438. The van der Waals surface area contributed by atoms with E-state index in [2.05, 4.69) is 18.9 Å². The van der Waals surface area contributed by atoms with Crippen LogP contribution in [0.1, 0.15) is 39.4 Å². The topological polar surface area (TPSA) is 38.0 Å². The number of hydrogen-bond donors (Lipinski definition) is 1. The average Bonchev–Trinajstić information content (AvgIpc) is 2.66. The SMILES string of the molecule is CC(C)Cc1nn(C(C)C)c(O)c1-c1ccccc1. The summed E-state index contributed by atoms with van der Waals surface area (Å²) < 4.78 is 1.71. The number of benzene rings is 1. The Morgan fingerprint density at radius 1 is 1.11 bits per heavy atom. The first-order valence-corrected chi connectivity index (χ1v) is 6.86. The van der Waals surface area contributed by atoms with Crippen molar-refractivity contribution in [1.29, 1.82) is 0 Å². The van der Waals surface area contributed by atoms with Crippen molar-refractivity contribution in [3.63, 3.8) is 0 Å². The van der Waals surface area contributed by atoms with Gasteiger partial charge in [0, 0.05) is 0 Å². The lowest BCUT2D eigenvalue weighted by Gasteiger charge is -2.06. The van der Waals surface area contributed by atoms with E-state index in [1.165, 1.54) is 0 Å². The molecule has 3 nitrogen and oxygen atoms in total. The average molecular weight is 258 g/mol. The minimum Gasteiger partial charge on any atom is -0.493 e. The number of aromatic hydroxyl groups is 1. The van der Waals surface area contributed by atoms with Crippen LogP contribution in [0.4, 0.5) is 0 Å². The van der Waals surface area contributed by atoms with Crippen LogP contribution in [0, 0.1) is 5.92 Å². The van der Waals surface area contributed by atoms with Gasteiger partial charge in [-0.25, -0.2) is 4.68 Å². The molecule has 102 valence electrons. The van der Waals surface area contributed by atoms with Crippen LogP contribution in [0.3, 0.4) is 0 Å². The Labute approximate surface area is 114 Å². The van der Waals surface area contributed by atoms with Gasteiger partial charge in [0.25, 0.3) is 0 Å². The molecule has 0 radical (unpaired) electrons. The van der Waals surface area contributed by atoms with Gasteiger partial charge in [-0.2, -0.15) is 5.10 Å². The van der Waals surface area contributed by atoms with Crippen LogP contribution in [0.2, 0.25) is 0 Å². The molecule has 19 heavy (non-hydrogen) atoms. The summed E-state index contributed by atoms with van der Waals surface area (Å²) >= 11 is 0. The molecule has 0 atom stereocenters. The van der Waals surface area contributed by atoms with Gasteiger partial charge in [0.15, 0.2) is 0 Å². The van der Waals surface area contributed by atoms with Crippen LogP contribution in [0.5, 0.6) is 5.88 Å². The first-order chi connectivity index (χ1) is 9.00. The summed E-state index contributed by atoms with van der Waals surface area (Å²) in [4.78, 5) is 0. The van der Waals surface area contributed by atoms with E-state index in [0.717, 1.165) is 23.2 Å². The summed E-state index contributed by atoms with van der Waals surface area (Å²) in [6.45, 7) is 8.39. The van der Waals surface area contributed by atoms with Gasteiger partial charge in [0.1, 0.15) is 0 Å². The van der Waals surface area contributed by atoms with Gasteiger partial charge in [-0.15, -0.1) is 0 Å². The Balaban J connectivity index is 2.56. The highest BCUT2D eigenvalue weighted by Gasteiger charge is 2.20. The molecule has 0 saturated carbocycles. The van der Waals surface area contributed by atoms with Crippen LogP contribution in [0.25, 0.3) is 11.1 Å². The second-order valence-electron chi connectivity index (χ2n) is 5.65. The van der Waals surface area contributed by atoms with Gasteiger partial charge in [0.2, 0.25) is 5.88 Å². The maximum absolute atomic E-state index is 10.4. The molecule has 0 aliphatic heterocycles. The Hall–Kier alpha value is -1.77. The largest absolute Gasteiger partial charge is 0.493 e. The van der Waals surface area contributed by atoms with Crippen molar-refractivity contribution in [2.24, 2.45) is 5.92 Å². The lowest BCUT2D eigenvalue weighted by Crippen LogP contribution is -2.03. The molecule has 0 amide bonds. The molecule has 2 rings (SSSR count). The molecule has 2 aromatic rings.